The van der Waals surface area contributed by atoms with Gasteiger partial charge in [-0.2, -0.15) is 0 Å². The Balaban J connectivity index is 2.59. The Bertz CT molecular complexity index is 362. The zero-order valence-electron chi connectivity index (χ0n) is 11.6. The zero-order valence-corrected chi connectivity index (χ0v) is 11.6. The topological polar surface area (TPSA) is 46.3 Å². The van der Waals surface area contributed by atoms with E-state index >= 15 is 0 Å². The molecular formula is C15H24N2O. The Morgan fingerprint density at radius 3 is 2.39 bits per heavy atom. The van der Waals surface area contributed by atoms with E-state index in [4.69, 9.17) is 5.73 Å². The molecule has 0 bridgehead atoms. The van der Waals surface area contributed by atoms with Crippen LogP contribution in [0.25, 0.3) is 0 Å². The van der Waals surface area contributed by atoms with Crippen LogP contribution in [0.4, 0.5) is 0 Å². The summed E-state index contributed by atoms with van der Waals surface area (Å²) in [4.78, 5) is 14.0. The number of amides is 1. The van der Waals surface area contributed by atoms with Crippen molar-refractivity contribution in [3.05, 3.63) is 35.9 Å². The van der Waals surface area contributed by atoms with E-state index in [0.29, 0.717) is 19.0 Å². The molecule has 3 nitrogen and oxygen atoms in total. The third-order valence-corrected chi connectivity index (χ3v) is 3.03. The molecule has 0 spiro atoms. The molecule has 1 amide bonds. The number of carbonyl (C=O) groups excluding carboxylic acids is 1. The molecule has 1 aromatic carbocycles. The lowest BCUT2D eigenvalue weighted by Gasteiger charge is -2.24. The van der Waals surface area contributed by atoms with Gasteiger partial charge in [0.15, 0.2) is 0 Å². The van der Waals surface area contributed by atoms with Gasteiger partial charge in [0.1, 0.15) is 0 Å². The summed E-state index contributed by atoms with van der Waals surface area (Å²) in [6.07, 6.45) is 0.856. The van der Waals surface area contributed by atoms with E-state index in [0.717, 1.165) is 12.0 Å². The van der Waals surface area contributed by atoms with Gasteiger partial charge in [-0.1, -0.05) is 44.2 Å². The van der Waals surface area contributed by atoms with E-state index in [1.165, 1.54) is 0 Å². The molecule has 0 aromatic heterocycles. The van der Waals surface area contributed by atoms with Gasteiger partial charge in [0.25, 0.3) is 0 Å². The van der Waals surface area contributed by atoms with Crippen LogP contribution in [0.2, 0.25) is 0 Å². The number of hydrogen-bond acceptors (Lipinski definition) is 2. The number of rotatable bonds is 6. The summed E-state index contributed by atoms with van der Waals surface area (Å²) in [5.41, 5.74) is 6.85. The third-order valence-electron chi connectivity index (χ3n) is 3.03. The van der Waals surface area contributed by atoms with E-state index in [1.54, 1.807) is 4.90 Å². The fourth-order valence-electron chi connectivity index (χ4n) is 2.11. The Hall–Kier alpha value is -1.35. The Morgan fingerprint density at radius 2 is 1.89 bits per heavy atom. The Kier molecular flexibility index (Phi) is 5.86. The zero-order chi connectivity index (χ0) is 13.5. The van der Waals surface area contributed by atoms with Crippen molar-refractivity contribution in [1.29, 1.82) is 0 Å². The summed E-state index contributed by atoms with van der Waals surface area (Å²) in [7, 11) is 1.85. The second-order valence-electron chi connectivity index (χ2n) is 5.24. The molecule has 0 saturated heterocycles. The van der Waals surface area contributed by atoms with Crippen LogP contribution in [-0.2, 0) is 11.3 Å². The molecule has 0 heterocycles. The maximum absolute atomic E-state index is 12.3. The molecule has 1 aromatic rings. The van der Waals surface area contributed by atoms with Crippen molar-refractivity contribution in [2.24, 2.45) is 17.6 Å². The summed E-state index contributed by atoms with van der Waals surface area (Å²) in [5.74, 6) is 0.585. The predicted octanol–water partition coefficient (Wildman–Crippen LogP) is 2.27. The van der Waals surface area contributed by atoms with Gasteiger partial charge < -0.3 is 10.6 Å². The van der Waals surface area contributed by atoms with E-state index in [2.05, 4.69) is 13.8 Å². The van der Waals surface area contributed by atoms with Gasteiger partial charge in [-0.25, -0.2) is 0 Å². The van der Waals surface area contributed by atoms with Crippen molar-refractivity contribution in [2.75, 3.05) is 13.6 Å². The van der Waals surface area contributed by atoms with Gasteiger partial charge in [0.2, 0.25) is 5.91 Å². The molecule has 2 N–H and O–H groups in total. The Labute approximate surface area is 110 Å². The molecule has 0 aliphatic rings. The fraction of sp³-hybridized carbons (Fsp3) is 0.533. The van der Waals surface area contributed by atoms with Crippen LogP contribution in [0, 0.1) is 11.8 Å². The molecule has 0 aliphatic carbocycles. The highest BCUT2D eigenvalue weighted by atomic mass is 16.2. The first-order valence-electron chi connectivity index (χ1n) is 6.53. The van der Waals surface area contributed by atoms with Gasteiger partial charge in [-0.3, -0.25) is 4.79 Å². The molecular weight excluding hydrogens is 224 g/mol. The van der Waals surface area contributed by atoms with Crippen LogP contribution in [0.15, 0.2) is 30.3 Å². The average molecular weight is 248 g/mol. The largest absolute Gasteiger partial charge is 0.341 e. The van der Waals surface area contributed by atoms with E-state index in [1.807, 2.05) is 37.4 Å². The van der Waals surface area contributed by atoms with Crippen molar-refractivity contribution < 1.29 is 4.79 Å². The van der Waals surface area contributed by atoms with Gasteiger partial charge in [0, 0.05) is 20.1 Å². The van der Waals surface area contributed by atoms with Crippen molar-refractivity contribution in [1.82, 2.24) is 4.90 Å². The normalized spacial score (nSPS) is 12.5. The molecule has 1 unspecified atom stereocenters. The quantitative estimate of drug-likeness (QED) is 0.839. The summed E-state index contributed by atoms with van der Waals surface area (Å²) >= 11 is 0. The molecule has 1 atom stereocenters. The second-order valence-corrected chi connectivity index (χ2v) is 5.24. The Morgan fingerprint density at radius 1 is 1.28 bits per heavy atom. The molecule has 3 heteroatoms. The molecule has 0 fully saturated rings. The highest BCUT2D eigenvalue weighted by Gasteiger charge is 2.21. The average Bonchev–Trinajstić information content (AvgIpc) is 2.36. The second kappa shape index (κ2) is 7.17. The highest BCUT2D eigenvalue weighted by molar-refractivity contribution is 5.78. The summed E-state index contributed by atoms with van der Waals surface area (Å²) in [6, 6.07) is 10.0. The predicted molar refractivity (Wildman–Crippen MR) is 74.9 cm³/mol. The maximum Gasteiger partial charge on any atom is 0.227 e. The minimum Gasteiger partial charge on any atom is -0.341 e. The van der Waals surface area contributed by atoms with E-state index < -0.39 is 0 Å². The lowest BCUT2D eigenvalue weighted by molar-refractivity contribution is -0.134. The molecule has 0 aliphatic heterocycles. The smallest absolute Gasteiger partial charge is 0.227 e. The monoisotopic (exact) mass is 248 g/mol. The fourth-order valence-corrected chi connectivity index (χ4v) is 2.11. The van der Waals surface area contributed by atoms with E-state index in [-0.39, 0.29) is 11.8 Å². The highest BCUT2D eigenvalue weighted by Crippen LogP contribution is 2.14. The van der Waals surface area contributed by atoms with Crippen LogP contribution in [0.5, 0.6) is 0 Å². The van der Waals surface area contributed by atoms with Crippen molar-refractivity contribution in [3.8, 4) is 0 Å². The molecule has 0 radical (unpaired) electrons. The first-order valence-corrected chi connectivity index (χ1v) is 6.53. The van der Waals surface area contributed by atoms with Gasteiger partial charge >= 0.3 is 0 Å². The van der Waals surface area contributed by atoms with Crippen LogP contribution >= 0.6 is 0 Å². The van der Waals surface area contributed by atoms with Crippen LogP contribution in [0.3, 0.4) is 0 Å². The van der Waals surface area contributed by atoms with Crippen LogP contribution < -0.4 is 5.73 Å². The van der Waals surface area contributed by atoms with Crippen LogP contribution in [-0.4, -0.2) is 24.4 Å². The number of nitrogens with two attached hydrogens (primary N) is 1. The van der Waals surface area contributed by atoms with Gasteiger partial charge in [0.05, 0.1) is 5.92 Å². The molecule has 0 saturated carbocycles. The van der Waals surface area contributed by atoms with Crippen molar-refractivity contribution in [2.45, 2.75) is 26.8 Å². The third kappa shape index (κ3) is 4.49. The number of hydrogen-bond donors (Lipinski definition) is 1. The minimum absolute atomic E-state index is 0.0567. The van der Waals surface area contributed by atoms with Crippen molar-refractivity contribution in [3.63, 3.8) is 0 Å². The first kappa shape index (κ1) is 14.7. The summed E-state index contributed by atoms with van der Waals surface area (Å²) in [6.45, 7) is 5.31. The standard InChI is InChI=1S/C15H24N2O/c1-12(2)9-14(10-16)15(18)17(3)11-13-7-5-4-6-8-13/h4-8,12,14H,9-11,16H2,1-3H3. The minimum atomic E-state index is -0.0567. The first-order chi connectivity index (χ1) is 8.54. The molecule has 18 heavy (non-hydrogen) atoms. The molecule has 1 rings (SSSR count). The SMILES string of the molecule is CC(C)CC(CN)C(=O)N(C)Cc1ccccc1. The lowest BCUT2D eigenvalue weighted by atomic mass is 9.96. The summed E-state index contributed by atoms with van der Waals surface area (Å²) < 4.78 is 0. The van der Waals surface area contributed by atoms with Crippen LogP contribution in [0.1, 0.15) is 25.8 Å². The lowest BCUT2D eigenvalue weighted by Crippen LogP contribution is -2.36. The number of benzene rings is 1. The van der Waals surface area contributed by atoms with E-state index in [9.17, 15) is 4.79 Å². The number of nitrogens with zero attached hydrogens (tertiary/aromatic N) is 1. The molecule has 100 valence electrons. The number of carbonyl (C=O) groups is 1. The summed E-state index contributed by atoms with van der Waals surface area (Å²) in [5, 5.41) is 0. The van der Waals surface area contributed by atoms with Gasteiger partial charge in [-0.15, -0.1) is 0 Å². The maximum atomic E-state index is 12.3. The van der Waals surface area contributed by atoms with Gasteiger partial charge in [-0.05, 0) is 17.9 Å². The van der Waals surface area contributed by atoms with Crippen molar-refractivity contribution >= 4 is 5.91 Å².